The van der Waals surface area contributed by atoms with Crippen molar-refractivity contribution in [3.63, 3.8) is 0 Å². The third-order valence-corrected chi connectivity index (χ3v) is 5.13. The Labute approximate surface area is 104 Å². The number of amides is 2. The molecule has 2 amide bonds. The van der Waals surface area contributed by atoms with Crippen LogP contribution in [0.2, 0.25) is 0 Å². The van der Waals surface area contributed by atoms with Crippen LogP contribution in [0.4, 0.5) is 0 Å². The molecule has 1 atom stereocenters. The van der Waals surface area contributed by atoms with Crippen molar-refractivity contribution in [3.05, 3.63) is 0 Å². The zero-order valence-corrected chi connectivity index (χ0v) is 11.7. The predicted molar refractivity (Wildman–Crippen MR) is 69.3 cm³/mol. The van der Waals surface area contributed by atoms with E-state index in [2.05, 4.69) is 5.32 Å². The molecule has 0 spiro atoms. The van der Waals surface area contributed by atoms with Crippen molar-refractivity contribution in [3.8, 4) is 0 Å². The van der Waals surface area contributed by atoms with E-state index in [4.69, 9.17) is 0 Å². The summed E-state index contributed by atoms with van der Waals surface area (Å²) in [6.07, 6.45) is 0. The molecule has 0 saturated carbocycles. The Morgan fingerprint density at radius 1 is 1.44 bits per heavy atom. The predicted octanol–water partition coefficient (Wildman–Crippen LogP) is 0.981. The van der Waals surface area contributed by atoms with Gasteiger partial charge in [-0.3, -0.25) is 9.59 Å². The van der Waals surface area contributed by atoms with Crippen LogP contribution in [0.25, 0.3) is 0 Å². The molecule has 1 aliphatic heterocycles. The molecular weight excluding hydrogens is 244 g/mol. The molecule has 0 aromatic carbocycles. The number of hydrogen-bond acceptors (Lipinski definition) is 4. The van der Waals surface area contributed by atoms with Gasteiger partial charge in [-0.2, -0.15) is 0 Å². The van der Waals surface area contributed by atoms with Crippen LogP contribution in [0.5, 0.6) is 0 Å². The van der Waals surface area contributed by atoms with E-state index in [0.717, 1.165) is 5.75 Å². The first-order chi connectivity index (χ1) is 7.34. The maximum Gasteiger partial charge on any atom is 0.245 e. The summed E-state index contributed by atoms with van der Waals surface area (Å²) in [4.78, 5) is 25.2. The number of carbonyl (C=O) groups is 2. The van der Waals surface area contributed by atoms with Gasteiger partial charge in [-0.1, -0.05) is 35.4 Å². The van der Waals surface area contributed by atoms with Crippen molar-refractivity contribution in [1.82, 2.24) is 10.2 Å². The summed E-state index contributed by atoms with van der Waals surface area (Å²) in [5.41, 5.74) is -0.414. The molecule has 1 heterocycles. The van der Waals surface area contributed by atoms with Gasteiger partial charge in [0.05, 0.1) is 5.41 Å². The maximum atomic E-state index is 11.9. The van der Waals surface area contributed by atoms with E-state index in [-0.39, 0.29) is 11.8 Å². The lowest BCUT2D eigenvalue weighted by molar-refractivity contribution is -0.136. The minimum absolute atomic E-state index is 0.0412. The smallest absolute Gasteiger partial charge is 0.245 e. The lowest BCUT2D eigenvalue weighted by Gasteiger charge is -2.30. The van der Waals surface area contributed by atoms with E-state index in [0.29, 0.717) is 5.75 Å². The van der Waals surface area contributed by atoms with Crippen LogP contribution in [0, 0.1) is 5.41 Å². The average molecular weight is 262 g/mol. The van der Waals surface area contributed by atoms with E-state index in [1.165, 1.54) is 4.90 Å². The first kappa shape index (κ1) is 13.7. The number of hydrogen-bond donors (Lipinski definition) is 1. The lowest BCUT2D eigenvalue weighted by Crippen LogP contribution is -2.52. The Balaban J connectivity index is 2.74. The van der Waals surface area contributed by atoms with Crippen molar-refractivity contribution in [2.75, 3.05) is 25.6 Å². The van der Waals surface area contributed by atoms with Crippen LogP contribution in [-0.4, -0.2) is 48.4 Å². The van der Waals surface area contributed by atoms with Crippen LogP contribution in [0.3, 0.4) is 0 Å². The summed E-state index contributed by atoms with van der Waals surface area (Å²) in [6.45, 7) is 3.80. The largest absolute Gasteiger partial charge is 0.347 e. The van der Waals surface area contributed by atoms with Gasteiger partial charge in [-0.25, -0.2) is 0 Å². The average Bonchev–Trinajstić information content (AvgIpc) is 2.19. The molecule has 1 fully saturated rings. The molecule has 1 aliphatic rings. The van der Waals surface area contributed by atoms with Crippen molar-refractivity contribution in [1.29, 1.82) is 0 Å². The summed E-state index contributed by atoms with van der Waals surface area (Å²) in [5, 5.41) is 2.83. The van der Waals surface area contributed by atoms with E-state index in [9.17, 15) is 9.59 Å². The Bertz CT molecular complexity index is 293. The number of rotatable bonds is 1. The Hall–Kier alpha value is -0.360. The summed E-state index contributed by atoms with van der Waals surface area (Å²) >= 11 is 0. The van der Waals surface area contributed by atoms with Gasteiger partial charge in [0.25, 0.3) is 0 Å². The quantitative estimate of drug-likeness (QED) is 0.716. The summed E-state index contributed by atoms with van der Waals surface area (Å²) in [7, 11) is 6.71. The van der Waals surface area contributed by atoms with Gasteiger partial charge in [0.2, 0.25) is 11.8 Å². The van der Waals surface area contributed by atoms with Crippen molar-refractivity contribution in [2.45, 2.75) is 19.9 Å². The van der Waals surface area contributed by atoms with Crippen LogP contribution in [0.1, 0.15) is 13.8 Å². The molecule has 16 heavy (non-hydrogen) atoms. The second-order valence-electron chi connectivity index (χ2n) is 4.69. The van der Waals surface area contributed by atoms with Gasteiger partial charge >= 0.3 is 0 Å². The third-order valence-electron chi connectivity index (χ3n) is 2.40. The Kier molecular flexibility index (Phi) is 4.55. The van der Waals surface area contributed by atoms with Crippen LogP contribution >= 0.6 is 21.6 Å². The minimum Gasteiger partial charge on any atom is -0.347 e. The van der Waals surface area contributed by atoms with Gasteiger partial charge in [0, 0.05) is 25.6 Å². The van der Waals surface area contributed by atoms with Crippen LogP contribution in [-0.2, 0) is 9.59 Å². The summed E-state index contributed by atoms with van der Waals surface area (Å²) in [5.74, 6) is 1.32. The maximum absolute atomic E-state index is 11.9. The van der Waals surface area contributed by atoms with E-state index >= 15 is 0 Å². The fourth-order valence-electron chi connectivity index (χ4n) is 1.21. The monoisotopic (exact) mass is 262 g/mol. The molecule has 4 nitrogen and oxygen atoms in total. The third kappa shape index (κ3) is 3.31. The molecular formula is C10H18N2O2S2. The SMILES string of the molecule is CN(C)C(=O)C1CSSCC(C)(C)C(=O)N1. The lowest BCUT2D eigenvalue weighted by atomic mass is 9.95. The fraction of sp³-hybridized carbons (Fsp3) is 0.800. The number of nitrogens with zero attached hydrogens (tertiary/aromatic N) is 1. The highest BCUT2D eigenvalue weighted by molar-refractivity contribution is 8.76. The zero-order chi connectivity index (χ0) is 12.3. The molecule has 6 heteroatoms. The molecule has 1 rings (SSSR count). The fourth-order valence-corrected chi connectivity index (χ4v) is 4.01. The van der Waals surface area contributed by atoms with E-state index in [1.54, 1.807) is 35.7 Å². The first-order valence-corrected chi connectivity index (χ1v) is 7.60. The zero-order valence-electron chi connectivity index (χ0n) is 10.1. The highest BCUT2D eigenvalue weighted by atomic mass is 33.1. The second kappa shape index (κ2) is 5.31. The molecule has 1 N–H and O–H groups in total. The topological polar surface area (TPSA) is 49.4 Å². The van der Waals surface area contributed by atoms with Gasteiger partial charge in [-0.15, -0.1) is 0 Å². The molecule has 1 unspecified atom stereocenters. The molecule has 0 radical (unpaired) electrons. The van der Waals surface area contributed by atoms with E-state index in [1.807, 2.05) is 13.8 Å². The Morgan fingerprint density at radius 3 is 2.62 bits per heavy atom. The molecule has 92 valence electrons. The standard InChI is InChI=1S/C10H18N2O2S2/c1-10(2)6-16-15-5-7(11-9(10)14)8(13)12(3)4/h7H,5-6H2,1-4H3,(H,11,14). The van der Waals surface area contributed by atoms with Gasteiger partial charge in [0.1, 0.15) is 6.04 Å². The summed E-state index contributed by atoms with van der Waals surface area (Å²) in [6, 6.07) is -0.403. The molecule has 0 aliphatic carbocycles. The van der Waals surface area contributed by atoms with Crippen molar-refractivity contribution < 1.29 is 9.59 Å². The molecule has 1 saturated heterocycles. The number of likely N-dealkylation sites (N-methyl/N-ethyl adjacent to an activating group) is 1. The Morgan fingerprint density at radius 2 is 2.06 bits per heavy atom. The van der Waals surface area contributed by atoms with Crippen molar-refractivity contribution in [2.24, 2.45) is 5.41 Å². The van der Waals surface area contributed by atoms with E-state index < -0.39 is 11.5 Å². The van der Waals surface area contributed by atoms with Crippen molar-refractivity contribution >= 4 is 33.4 Å². The second-order valence-corrected chi connectivity index (χ2v) is 7.20. The molecule has 0 aromatic heterocycles. The highest BCUT2D eigenvalue weighted by Gasteiger charge is 2.34. The summed E-state index contributed by atoms with van der Waals surface area (Å²) < 4.78 is 0. The normalized spacial score (nSPS) is 25.2. The number of nitrogens with one attached hydrogen (secondary N) is 1. The van der Waals surface area contributed by atoms with Crippen LogP contribution < -0.4 is 5.32 Å². The van der Waals surface area contributed by atoms with Gasteiger partial charge < -0.3 is 10.2 Å². The highest BCUT2D eigenvalue weighted by Crippen LogP contribution is 2.33. The minimum atomic E-state index is -0.414. The van der Waals surface area contributed by atoms with Gasteiger partial charge in [-0.05, 0) is 0 Å². The van der Waals surface area contributed by atoms with Gasteiger partial charge in [0.15, 0.2) is 0 Å². The number of carbonyl (C=O) groups excluding carboxylic acids is 2. The first-order valence-electron chi connectivity index (χ1n) is 5.11. The molecule has 0 aromatic rings. The molecule has 0 bridgehead atoms. The van der Waals surface area contributed by atoms with Crippen LogP contribution in [0.15, 0.2) is 0 Å².